The summed E-state index contributed by atoms with van der Waals surface area (Å²) in [7, 11) is 0. The largest absolute Gasteiger partial charge is 0.365 e. The average Bonchev–Trinajstić information content (AvgIpc) is 2.73. The molecule has 0 aliphatic carbocycles. The van der Waals surface area contributed by atoms with E-state index in [2.05, 4.69) is 26.6 Å². The molecule has 2 aliphatic heterocycles. The van der Waals surface area contributed by atoms with Gasteiger partial charge in [-0.2, -0.15) is 5.26 Å². The van der Waals surface area contributed by atoms with Crippen LogP contribution in [0.15, 0.2) is 30.5 Å². The first-order valence-electron chi connectivity index (χ1n) is 9.85. The number of hydrogen-bond acceptors (Lipinski definition) is 6. The summed E-state index contributed by atoms with van der Waals surface area (Å²) in [4.78, 5) is 19.4. The Bertz CT molecular complexity index is 903. The number of amides is 1. The van der Waals surface area contributed by atoms with Crippen molar-refractivity contribution in [1.82, 2.24) is 15.6 Å². The zero-order valence-electron chi connectivity index (χ0n) is 16.0. The van der Waals surface area contributed by atoms with Gasteiger partial charge >= 0.3 is 0 Å². The Balaban J connectivity index is 1.56. The van der Waals surface area contributed by atoms with Crippen molar-refractivity contribution in [3.8, 4) is 6.07 Å². The van der Waals surface area contributed by atoms with Gasteiger partial charge in [-0.3, -0.25) is 9.78 Å². The van der Waals surface area contributed by atoms with Crippen molar-refractivity contribution >= 4 is 22.5 Å². The lowest BCUT2D eigenvalue weighted by molar-refractivity contribution is -0.138. The van der Waals surface area contributed by atoms with E-state index in [1.807, 2.05) is 25.1 Å². The number of ether oxygens (including phenoxy) is 1. The molecule has 2 aliphatic rings. The highest BCUT2D eigenvalue weighted by atomic mass is 16.5. The second kappa shape index (κ2) is 8.13. The molecule has 2 N–H and O–H groups in total. The van der Waals surface area contributed by atoms with Crippen molar-refractivity contribution in [3.05, 3.63) is 36.0 Å². The van der Waals surface area contributed by atoms with Gasteiger partial charge in [-0.15, -0.1) is 0 Å². The van der Waals surface area contributed by atoms with Gasteiger partial charge in [0.05, 0.1) is 23.7 Å². The van der Waals surface area contributed by atoms with Crippen LogP contribution in [0.25, 0.3) is 10.9 Å². The summed E-state index contributed by atoms with van der Waals surface area (Å²) in [6.45, 7) is 4.97. The fourth-order valence-electron chi connectivity index (χ4n) is 4.09. The molecule has 2 fully saturated rings. The molecule has 3 heterocycles. The van der Waals surface area contributed by atoms with Gasteiger partial charge in [0.2, 0.25) is 0 Å². The van der Waals surface area contributed by atoms with Gasteiger partial charge in [0.25, 0.3) is 5.91 Å². The number of nitriles is 1. The normalized spacial score (nSPS) is 25.3. The van der Waals surface area contributed by atoms with Crippen LogP contribution in [0.2, 0.25) is 0 Å². The van der Waals surface area contributed by atoms with Gasteiger partial charge in [-0.25, -0.2) is 0 Å². The number of aromatic nitrogens is 1. The van der Waals surface area contributed by atoms with E-state index >= 15 is 0 Å². The monoisotopic (exact) mass is 379 g/mol. The predicted molar refractivity (Wildman–Crippen MR) is 107 cm³/mol. The minimum atomic E-state index is -0.520. The van der Waals surface area contributed by atoms with Gasteiger partial charge in [0.1, 0.15) is 6.07 Å². The van der Waals surface area contributed by atoms with E-state index in [0.717, 1.165) is 37.0 Å². The highest BCUT2D eigenvalue weighted by Crippen LogP contribution is 2.30. The molecule has 7 nitrogen and oxygen atoms in total. The number of hydrogen-bond donors (Lipinski definition) is 2. The van der Waals surface area contributed by atoms with Crippen LogP contribution in [0.5, 0.6) is 0 Å². The zero-order valence-corrected chi connectivity index (χ0v) is 16.0. The molecule has 4 rings (SSSR count). The van der Waals surface area contributed by atoms with E-state index in [4.69, 9.17) is 4.74 Å². The Labute approximate surface area is 164 Å². The third-order valence-electron chi connectivity index (χ3n) is 5.40. The van der Waals surface area contributed by atoms with Crippen LogP contribution in [0.3, 0.4) is 0 Å². The van der Waals surface area contributed by atoms with Crippen LogP contribution < -0.4 is 15.5 Å². The molecule has 3 atom stereocenters. The van der Waals surface area contributed by atoms with Crippen LogP contribution in [-0.2, 0) is 9.53 Å². The summed E-state index contributed by atoms with van der Waals surface area (Å²) < 4.78 is 5.96. The SMILES string of the molecule is C[C@@H]1CN(c2ccc(C#N)c3ncccc23)C[C@H](C(=O)NC2CCCNC2)O1. The standard InChI is InChI=1S/C21H25N5O2/c1-14-12-26(13-19(28-14)21(27)25-16-4-2-8-23-11-16)18-7-6-15(10-22)20-17(18)5-3-9-24-20/h3,5-7,9,14,16,19,23H,2,4,8,11-13H2,1H3,(H,25,27)/t14-,16?,19-/m1/s1. The van der Waals surface area contributed by atoms with Crippen LogP contribution in [0.1, 0.15) is 25.3 Å². The number of carbonyl (C=O) groups is 1. The number of anilines is 1. The number of benzene rings is 1. The van der Waals surface area contributed by atoms with Crippen molar-refractivity contribution in [2.45, 2.75) is 38.0 Å². The molecule has 0 saturated carbocycles. The quantitative estimate of drug-likeness (QED) is 0.841. The number of piperidine rings is 1. The maximum absolute atomic E-state index is 12.8. The first-order valence-corrected chi connectivity index (χ1v) is 9.85. The second-order valence-corrected chi connectivity index (χ2v) is 7.54. The Morgan fingerprint density at radius 1 is 1.39 bits per heavy atom. The third kappa shape index (κ3) is 3.79. The van der Waals surface area contributed by atoms with Crippen LogP contribution in [0.4, 0.5) is 5.69 Å². The Kier molecular flexibility index (Phi) is 5.42. The van der Waals surface area contributed by atoms with Crippen LogP contribution in [0, 0.1) is 11.3 Å². The van der Waals surface area contributed by atoms with Crippen LogP contribution >= 0.6 is 0 Å². The maximum Gasteiger partial charge on any atom is 0.251 e. The van der Waals surface area contributed by atoms with Crippen molar-refractivity contribution in [1.29, 1.82) is 5.26 Å². The molecule has 1 amide bonds. The number of rotatable bonds is 3. The lowest BCUT2D eigenvalue weighted by atomic mass is 10.1. The minimum Gasteiger partial charge on any atom is -0.365 e. The molecular weight excluding hydrogens is 354 g/mol. The van der Waals surface area contributed by atoms with E-state index in [9.17, 15) is 10.1 Å². The minimum absolute atomic E-state index is 0.0543. The number of carbonyl (C=O) groups excluding carboxylic acids is 1. The van der Waals surface area contributed by atoms with Crippen molar-refractivity contribution in [2.24, 2.45) is 0 Å². The molecule has 146 valence electrons. The molecule has 1 aromatic carbocycles. The van der Waals surface area contributed by atoms with Gasteiger partial charge in [0, 0.05) is 36.4 Å². The first kappa shape index (κ1) is 18.7. The summed E-state index contributed by atoms with van der Waals surface area (Å²) >= 11 is 0. The highest BCUT2D eigenvalue weighted by molar-refractivity contribution is 5.95. The average molecular weight is 379 g/mol. The van der Waals surface area contributed by atoms with Crippen molar-refractivity contribution in [2.75, 3.05) is 31.1 Å². The molecule has 2 aromatic rings. The summed E-state index contributed by atoms with van der Waals surface area (Å²) in [6, 6.07) is 9.96. The van der Waals surface area contributed by atoms with Gasteiger partial charge in [-0.05, 0) is 50.6 Å². The van der Waals surface area contributed by atoms with Gasteiger partial charge in [0.15, 0.2) is 6.10 Å². The molecule has 1 unspecified atom stereocenters. The molecule has 7 heteroatoms. The van der Waals surface area contributed by atoms with Gasteiger partial charge < -0.3 is 20.3 Å². The van der Waals surface area contributed by atoms with Crippen molar-refractivity contribution in [3.63, 3.8) is 0 Å². The molecule has 0 bridgehead atoms. The molecule has 0 spiro atoms. The summed E-state index contributed by atoms with van der Waals surface area (Å²) in [5.74, 6) is -0.0543. The molecule has 2 saturated heterocycles. The lowest BCUT2D eigenvalue weighted by Crippen LogP contribution is -2.56. The maximum atomic E-state index is 12.8. The molecule has 1 aromatic heterocycles. The smallest absolute Gasteiger partial charge is 0.251 e. The molecular formula is C21H25N5O2. The van der Waals surface area contributed by atoms with E-state index in [0.29, 0.717) is 24.2 Å². The topological polar surface area (TPSA) is 90.3 Å². The summed E-state index contributed by atoms with van der Waals surface area (Å²) in [6.07, 6.45) is 3.17. The lowest BCUT2D eigenvalue weighted by Gasteiger charge is -2.38. The Morgan fingerprint density at radius 3 is 3.07 bits per heavy atom. The van der Waals surface area contributed by atoms with E-state index < -0.39 is 6.10 Å². The van der Waals surface area contributed by atoms with E-state index in [1.54, 1.807) is 12.3 Å². The number of nitrogens with one attached hydrogen (secondary N) is 2. The van der Waals surface area contributed by atoms with Gasteiger partial charge in [-0.1, -0.05) is 0 Å². The third-order valence-corrected chi connectivity index (χ3v) is 5.40. The molecule has 28 heavy (non-hydrogen) atoms. The van der Waals surface area contributed by atoms with Crippen molar-refractivity contribution < 1.29 is 9.53 Å². The predicted octanol–water partition coefficient (Wildman–Crippen LogP) is 1.57. The van der Waals surface area contributed by atoms with E-state index in [1.165, 1.54) is 0 Å². The molecule has 0 radical (unpaired) electrons. The highest BCUT2D eigenvalue weighted by Gasteiger charge is 2.32. The van der Waals surface area contributed by atoms with Crippen LogP contribution in [-0.4, -0.2) is 55.3 Å². The summed E-state index contributed by atoms with van der Waals surface area (Å²) in [5.41, 5.74) is 2.23. The first-order chi connectivity index (χ1) is 13.7. The number of fused-ring (bicyclic) bond motifs is 1. The zero-order chi connectivity index (χ0) is 19.5. The second-order valence-electron chi connectivity index (χ2n) is 7.54. The fourth-order valence-corrected chi connectivity index (χ4v) is 4.09. The number of morpholine rings is 1. The fraction of sp³-hybridized carbons (Fsp3) is 0.476. The Morgan fingerprint density at radius 2 is 2.29 bits per heavy atom. The Hall–Kier alpha value is -2.69. The number of nitrogens with zero attached hydrogens (tertiary/aromatic N) is 3. The number of pyridine rings is 1. The summed E-state index contributed by atoms with van der Waals surface area (Å²) in [5, 5.41) is 16.7. The van der Waals surface area contributed by atoms with E-state index in [-0.39, 0.29) is 18.1 Å².